The van der Waals surface area contributed by atoms with Gasteiger partial charge in [-0.1, -0.05) is 13.3 Å². The summed E-state index contributed by atoms with van der Waals surface area (Å²) in [6.07, 6.45) is 5.61. The number of hydrogen-bond acceptors (Lipinski definition) is 3. The van der Waals surface area contributed by atoms with Gasteiger partial charge in [-0.15, -0.1) is 0 Å². The van der Waals surface area contributed by atoms with Gasteiger partial charge in [0.25, 0.3) is 0 Å². The lowest BCUT2D eigenvalue weighted by molar-refractivity contribution is 0.584. The average Bonchev–Trinajstić information content (AvgIpc) is 2.57. The van der Waals surface area contributed by atoms with Crippen molar-refractivity contribution >= 4 is 11.0 Å². The molecule has 0 aromatic carbocycles. The van der Waals surface area contributed by atoms with Crippen LogP contribution >= 0.6 is 0 Å². The van der Waals surface area contributed by atoms with Gasteiger partial charge in [-0.05, 0) is 12.5 Å². The van der Waals surface area contributed by atoms with E-state index >= 15 is 0 Å². The molecule has 2 N–H and O–H groups in total. The summed E-state index contributed by atoms with van der Waals surface area (Å²) < 4.78 is 2.03. The largest absolute Gasteiger partial charge is 0.329 e. The highest BCUT2D eigenvalue weighted by atomic mass is 15.1. The number of nitrogens with zero attached hydrogens (tertiary/aromatic N) is 3. The molecule has 4 heteroatoms. The second kappa shape index (κ2) is 3.98. The smallest absolute Gasteiger partial charge is 0.126 e. The van der Waals surface area contributed by atoms with Gasteiger partial charge in [0, 0.05) is 13.2 Å². The number of fused-ring (bicyclic) bond motifs is 1. The summed E-state index contributed by atoms with van der Waals surface area (Å²) in [5.41, 5.74) is 8.07. The minimum atomic E-state index is 0.0207. The summed E-state index contributed by atoms with van der Waals surface area (Å²) in [5.74, 6) is 0.944. The van der Waals surface area contributed by atoms with Crippen LogP contribution in [-0.4, -0.2) is 14.5 Å². The van der Waals surface area contributed by atoms with Gasteiger partial charge in [-0.2, -0.15) is 0 Å². The standard InChI is InChI=1S/C11H16N4/c1-3-4-8(12)11-14-9-5-6-13-7-10(9)15(11)2/h5-8H,3-4,12H2,1-2H3. The Bertz CT molecular complexity index is 461. The summed E-state index contributed by atoms with van der Waals surface area (Å²) in [5, 5.41) is 0. The van der Waals surface area contributed by atoms with Gasteiger partial charge in [-0.25, -0.2) is 4.98 Å². The summed E-state index contributed by atoms with van der Waals surface area (Å²) in [4.78, 5) is 8.62. The van der Waals surface area contributed by atoms with Crippen molar-refractivity contribution in [3.8, 4) is 0 Å². The fourth-order valence-electron chi connectivity index (χ4n) is 1.83. The van der Waals surface area contributed by atoms with Crippen LogP contribution in [0.3, 0.4) is 0 Å². The zero-order valence-electron chi connectivity index (χ0n) is 9.14. The Kier molecular flexibility index (Phi) is 2.68. The zero-order valence-corrected chi connectivity index (χ0v) is 9.14. The molecule has 0 aliphatic carbocycles. The Morgan fingerprint density at radius 3 is 3.00 bits per heavy atom. The van der Waals surface area contributed by atoms with E-state index in [0.29, 0.717) is 0 Å². The fourth-order valence-corrected chi connectivity index (χ4v) is 1.83. The van der Waals surface area contributed by atoms with Crippen LogP contribution in [0.1, 0.15) is 31.6 Å². The van der Waals surface area contributed by atoms with Crippen molar-refractivity contribution in [3.63, 3.8) is 0 Å². The van der Waals surface area contributed by atoms with Crippen molar-refractivity contribution in [1.29, 1.82) is 0 Å². The van der Waals surface area contributed by atoms with Crippen molar-refractivity contribution in [2.75, 3.05) is 0 Å². The van der Waals surface area contributed by atoms with E-state index in [0.717, 1.165) is 29.7 Å². The average molecular weight is 204 g/mol. The molecule has 0 fully saturated rings. The lowest BCUT2D eigenvalue weighted by Crippen LogP contribution is -2.14. The second-order valence-corrected chi connectivity index (χ2v) is 3.79. The lowest BCUT2D eigenvalue weighted by atomic mass is 10.2. The van der Waals surface area contributed by atoms with Crippen LogP contribution in [0.5, 0.6) is 0 Å². The van der Waals surface area contributed by atoms with E-state index in [1.54, 1.807) is 6.20 Å². The van der Waals surface area contributed by atoms with Crippen LogP contribution in [-0.2, 0) is 7.05 Å². The maximum Gasteiger partial charge on any atom is 0.126 e. The molecule has 0 radical (unpaired) electrons. The summed E-state index contributed by atoms with van der Waals surface area (Å²) >= 11 is 0. The van der Waals surface area contributed by atoms with E-state index in [2.05, 4.69) is 16.9 Å². The predicted octanol–water partition coefficient (Wildman–Crippen LogP) is 1.77. The fraction of sp³-hybridized carbons (Fsp3) is 0.455. The number of pyridine rings is 1. The molecule has 0 aliphatic heterocycles. The normalized spacial score (nSPS) is 13.3. The van der Waals surface area contributed by atoms with E-state index in [1.807, 2.05) is 23.9 Å². The summed E-state index contributed by atoms with van der Waals surface area (Å²) in [7, 11) is 1.99. The first-order chi connectivity index (χ1) is 7.24. The van der Waals surface area contributed by atoms with Crippen LogP contribution in [0.4, 0.5) is 0 Å². The first-order valence-corrected chi connectivity index (χ1v) is 5.26. The van der Waals surface area contributed by atoms with Crippen LogP contribution in [0, 0.1) is 0 Å². The first kappa shape index (κ1) is 10.1. The number of aryl methyl sites for hydroxylation is 1. The van der Waals surface area contributed by atoms with Crippen molar-refractivity contribution in [2.24, 2.45) is 12.8 Å². The molecule has 0 saturated carbocycles. The van der Waals surface area contributed by atoms with Crippen LogP contribution in [0.15, 0.2) is 18.5 Å². The van der Waals surface area contributed by atoms with E-state index < -0.39 is 0 Å². The third-order valence-electron chi connectivity index (χ3n) is 2.65. The third-order valence-corrected chi connectivity index (χ3v) is 2.65. The molecular weight excluding hydrogens is 188 g/mol. The lowest BCUT2D eigenvalue weighted by Gasteiger charge is -2.09. The molecule has 0 amide bonds. The number of rotatable bonds is 3. The van der Waals surface area contributed by atoms with Crippen LogP contribution in [0.2, 0.25) is 0 Å². The molecule has 80 valence electrons. The molecule has 0 spiro atoms. The number of imidazole rings is 1. The number of hydrogen-bond donors (Lipinski definition) is 1. The van der Waals surface area contributed by atoms with E-state index in [1.165, 1.54) is 0 Å². The Balaban J connectivity index is 2.48. The predicted molar refractivity (Wildman–Crippen MR) is 60.3 cm³/mol. The molecule has 1 atom stereocenters. The van der Waals surface area contributed by atoms with Crippen molar-refractivity contribution in [3.05, 3.63) is 24.3 Å². The van der Waals surface area contributed by atoms with Gasteiger partial charge in [-0.3, -0.25) is 4.98 Å². The van der Waals surface area contributed by atoms with E-state index in [4.69, 9.17) is 5.73 Å². The van der Waals surface area contributed by atoms with Gasteiger partial charge in [0.1, 0.15) is 5.82 Å². The van der Waals surface area contributed by atoms with Crippen molar-refractivity contribution < 1.29 is 0 Å². The molecule has 15 heavy (non-hydrogen) atoms. The molecule has 2 rings (SSSR count). The Morgan fingerprint density at radius 1 is 1.53 bits per heavy atom. The Labute approximate surface area is 89.1 Å². The Hall–Kier alpha value is -1.42. The maximum absolute atomic E-state index is 6.07. The number of nitrogens with two attached hydrogens (primary N) is 1. The first-order valence-electron chi connectivity index (χ1n) is 5.26. The van der Waals surface area contributed by atoms with Crippen molar-refractivity contribution in [2.45, 2.75) is 25.8 Å². The molecule has 0 bridgehead atoms. The summed E-state index contributed by atoms with van der Waals surface area (Å²) in [6.45, 7) is 2.13. The maximum atomic E-state index is 6.07. The topological polar surface area (TPSA) is 56.7 Å². The zero-order chi connectivity index (χ0) is 10.8. The molecule has 0 saturated heterocycles. The SMILES string of the molecule is CCCC(N)c1nc2ccncc2n1C. The molecule has 2 heterocycles. The monoisotopic (exact) mass is 204 g/mol. The van der Waals surface area contributed by atoms with Crippen LogP contribution in [0.25, 0.3) is 11.0 Å². The van der Waals surface area contributed by atoms with Gasteiger partial charge >= 0.3 is 0 Å². The third kappa shape index (κ3) is 1.72. The minimum Gasteiger partial charge on any atom is -0.329 e. The van der Waals surface area contributed by atoms with Gasteiger partial charge in [0.2, 0.25) is 0 Å². The molecule has 0 aliphatic rings. The Morgan fingerprint density at radius 2 is 2.33 bits per heavy atom. The number of aromatic nitrogens is 3. The molecule has 1 unspecified atom stereocenters. The van der Waals surface area contributed by atoms with Crippen molar-refractivity contribution in [1.82, 2.24) is 14.5 Å². The minimum absolute atomic E-state index is 0.0207. The second-order valence-electron chi connectivity index (χ2n) is 3.79. The van der Waals surface area contributed by atoms with Crippen LogP contribution < -0.4 is 5.73 Å². The van der Waals surface area contributed by atoms with E-state index in [9.17, 15) is 0 Å². The molecular formula is C11H16N4. The van der Waals surface area contributed by atoms with Gasteiger partial charge in [0.15, 0.2) is 0 Å². The summed E-state index contributed by atoms with van der Waals surface area (Å²) in [6, 6.07) is 1.93. The van der Waals surface area contributed by atoms with E-state index in [-0.39, 0.29) is 6.04 Å². The van der Waals surface area contributed by atoms with Gasteiger partial charge < -0.3 is 10.3 Å². The molecule has 2 aromatic heterocycles. The van der Waals surface area contributed by atoms with Gasteiger partial charge in [0.05, 0.1) is 23.3 Å². The highest BCUT2D eigenvalue weighted by Gasteiger charge is 2.13. The quantitative estimate of drug-likeness (QED) is 0.829. The molecule has 2 aromatic rings. The molecule has 4 nitrogen and oxygen atoms in total. The highest BCUT2D eigenvalue weighted by Crippen LogP contribution is 2.19. The highest BCUT2D eigenvalue weighted by molar-refractivity contribution is 5.74.